The Hall–Kier alpha value is -3.75. The molecule has 0 amide bonds. The number of aromatic nitrogens is 1. The molecule has 1 atom stereocenters. The highest BCUT2D eigenvalue weighted by Crippen LogP contribution is 2.34. The van der Waals surface area contributed by atoms with Gasteiger partial charge in [0, 0.05) is 24.5 Å². The number of nitrogens with zero attached hydrogens (tertiary/aromatic N) is 2. The lowest BCUT2D eigenvalue weighted by molar-refractivity contribution is -0.382. The summed E-state index contributed by atoms with van der Waals surface area (Å²) in [6.45, 7) is -0.0703. The minimum atomic E-state index is -0.949. The molecular weight excluding hydrogens is 381 g/mol. The molecule has 0 aliphatic heterocycles. The number of anilines is 1. The summed E-state index contributed by atoms with van der Waals surface area (Å²) < 4.78 is 23.9. The van der Waals surface area contributed by atoms with Crippen molar-refractivity contribution in [1.29, 1.82) is 0 Å². The first-order valence-corrected chi connectivity index (χ1v) is 8.62. The fourth-order valence-electron chi connectivity index (χ4n) is 3.14. The van der Waals surface area contributed by atoms with Gasteiger partial charge < -0.3 is 14.8 Å². The van der Waals surface area contributed by atoms with Gasteiger partial charge in [-0.3, -0.25) is 19.9 Å². The van der Waals surface area contributed by atoms with Crippen molar-refractivity contribution in [2.45, 2.75) is 5.92 Å². The third-order valence-electron chi connectivity index (χ3n) is 4.53. The van der Waals surface area contributed by atoms with E-state index in [0.29, 0.717) is 16.5 Å². The summed E-state index contributed by atoms with van der Waals surface area (Å²) in [6, 6.07) is 8.73. The van der Waals surface area contributed by atoms with E-state index in [1.54, 1.807) is 24.4 Å². The summed E-state index contributed by atoms with van der Waals surface area (Å²) in [5.41, 5.74) is 0.321. The monoisotopic (exact) mass is 399 g/mol. The lowest BCUT2D eigenvalue weighted by Gasteiger charge is -2.19. The molecule has 29 heavy (non-hydrogen) atoms. The molecule has 0 saturated heterocycles. The van der Waals surface area contributed by atoms with E-state index < -0.39 is 22.6 Å². The van der Waals surface area contributed by atoms with Crippen LogP contribution in [-0.4, -0.2) is 36.6 Å². The summed E-state index contributed by atoms with van der Waals surface area (Å²) in [7, 11) is 2.62. The van der Waals surface area contributed by atoms with Crippen molar-refractivity contribution in [3.63, 3.8) is 0 Å². The Bertz CT molecular complexity index is 1070. The molecule has 1 heterocycles. The Morgan fingerprint density at radius 1 is 1.28 bits per heavy atom. The van der Waals surface area contributed by atoms with Crippen molar-refractivity contribution in [1.82, 2.24) is 4.98 Å². The molecule has 0 radical (unpaired) electrons. The van der Waals surface area contributed by atoms with Gasteiger partial charge in [-0.1, -0.05) is 6.07 Å². The Morgan fingerprint density at radius 3 is 2.76 bits per heavy atom. The van der Waals surface area contributed by atoms with E-state index in [0.717, 1.165) is 0 Å². The number of nitro groups is 1. The molecule has 0 bridgehead atoms. The summed E-state index contributed by atoms with van der Waals surface area (Å²) in [5.74, 6) is -1.82. The average Bonchev–Trinajstić information content (AvgIpc) is 2.73. The molecule has 3 rings (SSSR count). The molecule has 1 N–H and O–H groups in total. The molecule has 0 aliphatic carbocycles. The second-order valence-corrected chi connectivity index (χ2v) is 6.16. The van der Waals surface area contributed by atoms with Crippen molar-refractivity contribution in [3.8, 4) is 5.75 Å². The maximum Gasteiger partial charge on any atom is 0.315 e. The van der Waals surface area contributed by atoms with Crippen LogP contribution in [0.3, 0.4) is 0 Å². The Labute approximate surface area is 165 Å². The fraction of sp³-hybridized carbons (Fsp3) is 0.200. The molecule has 9 heteroatoms. The maximum absolute atomic E-state index is 13.8. The molecular formula is C20H18FN3O5. The van der Waals surface area contributed by atoms with Crippen LogP contribution in [0.5, 0.6) is 5.75 Å². The van der Waals surface area contributed by atoms with Gasteiger partial charge in [-0.05, 0) is 35.7 Å². The number of rotatable bonds is 7. The third kappa shape index (κ3) is 4.08. The van der Waals surface area contributed by atoms with E-state index >= 15 is 0 Å². The zero-order chi connectivity index (χ0) is 21.0. The zero-order valence-corrected chi connectivity index (χ0v) is 15.7. The van der Waals surface area contributed by atoms with Gasteiger partial charge in [0.15, 0.2) is 0 Å². The van der Waals surface area contributed by atoms with Gasteiger partial charge >= 0.3 is 11.7 Å². The highest BCUT2D eigenvalue weighted by molar-refractivity contribution is 5.96. The lowest BCUT2D eigenvalue weighted by atomic mass is 9.97. The highest BCUT2D eigenvalue weighted by atomic mass is 19.1. The van der Waals surface area contributed by atoms with Gasteiger partial charge in [-0.15, -0.1) is 0 Å². The number of nitro benzene ring substituents is 1. The van der Waals surface area contributed by atoms with E-state index in [1.807, 2.05) is 0 Å². The summed E-state index contributed by atoms with van der Waals surface area (Å²) in [4.78, 5) is 27.5. The van der Waals surface area contributed by atoms with Crippen LogP contribution in [-0.2, 0) is 9.53 Å². The SMILES string of the molecule is COC(=O)C(CNc1ccc2ccncc2c1[N+](=O)[O-])c1cc(F)ccc1OC. The van der Waals surface area contributed by atoms with E-state index in [2.05, 4.69) is 10.3 Å². The van der Waals surface area contributed by atoms with Crippen molar-refractivity contribution >= 4 is 28.1 Å². The van der Waals surface area contributed by atoms with Crippen LogP contribution in [0.15, 0.2) is 48.8 Å². The quantitative estimate of drug-likeness (QED) is 0.367. The van der Waals surface area contributed by atoms with E-state index in [-0.39, 0.29) is 23.5 Å². The van der Waals surface area contributed by atoms with Crippen LogP contribution >= 0.6 is 0 Å². The largest absolute Gasteiger partial charge is 0.496 e. The second kappa shape index (κ2) is 8.51. The normalized spacial score (nSPS) is 11.7. The number of nitrogens with one attached hydrogen (secondary N) is 1. The minimum Gasteiger partial charge on any atom is -0.496 e. The van der Waals surface area contributed by atoms with Crippen LogP contribution < -0.4 is 10.1 Å². The van der Waals surface area contributed by atoms with Gasteiger partial charge in [0.05, 0.1) is 24.5 Å². The molecule has 0 fully saturated rings. The number of ether oxygens (including phenoxy) is 2. The number of esters is 1. The Morgan fingerprint density at radius 2 is 2.07 bits per heavy atom. The van der Waals surface area contributed by atoms with E-state index in [1.165, 1.54) is 38.6 Å². The average molecular weight is 399 g/mol. The maximum atomic E-state index is 13.8. The zero-order valence-electron chi connectivity index (χ0n) is 15.7. The summed E-state index contributed by atoms with van der Waals surface area (Å²) in [6.07, 6.45) is 2.95. The van der Waals surface area contributed by atoms with Crippen LogP contribution in [0.25, 0.3) is 10.8 Å². The number of halogens is 1. The number of pyridine rings is 1. The third-order valence-corrected chi connectivity index (χ3v) is 4.53. The standard InChI is InChI=1S/C20H18FN3O5/c1-28-18-6-4-13(21)9-14(18)16(20(25)29-2)11-23-17-5-3-12-7-8-22-10-15(12)19(17)24(26)27/h3-10,16,23H,11H2,1-2H3. The Balaban J connectivity index is 1.99. The molecule has 1 aromatic heterocycles. The Kier molecular flexibility index (Phi) is 5.87. The van der Waals surface area contributed by atoms with E-state index in [9.17, 15) is 19.3 Å². The van der Waals surface area contributed by atoms with Crippen molar-refractivity contribution in [2.24, 2.45) is 0 Å². The number of fused-ring (bicyclic) bond motifs is 1. The van der Waals surface area contributed by atoms with Gasteiger partial charge in [0.2, 0.25) is 0 Å². The summed E-state index contributed by atoms with van der Waals surface area (Å²) >= 11 is 0. The number of hydrogen-bond donors (Lipinski definition) is 1. The highest BCUT2D eigenvalue weighted by Gasteiger charge is 2.27. The molecule has 0 spiro atoms. The van der Waals surface area contributed by atoms with Crippen LogP contribution in [0.2, 0.25) is 0 Å². The molecule has 0 aliphatic rings. The topological polar surface area (TPSA) is 104 Å². The van der Waals surface area contributed by atoms with E-state index in [4.69, 9.17) is 9.47 Å². The van der Waals surface area contributed by atoms with Gasteiger partial charge in [0.1, 0.15) is 23.2 Å². The van der Waals surface area contributed by atoms with Crippen molar-refractivity contribution in [2.75, 3.05) is 26.1 Å². The number of methoxy groups -OCH3 is 2. The number of carbonyl (C=O) groups is 1. The molecule has 3 aromatic rings. The first-order chi connectivity index (χ1) is 14.0. The molecule has 1 unspecified atom stereocenters. The number of carbonyl (C=O) groups excluding carboxylic acids is 1. The first-order valence-electron chi connectivity index (χ1n) is 8.62. The molecule has 150 valence electrons. The molecule has 8 nitrogen and oxygen atoms in total. The van der Waals surface area contributed by atoms with Crippen LogP contribution in [0.1, 0.15) is 11.5 Å². The van der Waals surface area contributed by atoms with Gasteiger partial charge in [0.25, 0.3) is 0 Å². The lowest BCUT2D eigenvalue weighted by Crippen LogP contribution is -2.23. The van der Waals surface area contributed by atoms with Gasteiger partial charge in [-0.25, -0.2) is 4.39 Å². The first kappa shape index (κ1) is 20.0. The van der Waals surface area contributed by atoms with Crippen LogP contribution in [0, 0.1) is 15.9 Å². The number of benzene rings is 2. The number of hydrogen-bond acceptors (Lipinski definition) is 7. The van der Waals surface area contributed by atoms with Crippen molar-refractivity contribution in [3.05, 3.63) is 70.3 Å². The minimum absolute atomic E-state index is 0.0703. The molecule has 2 aromatic carbocycles. The smallest absolute Gasteiger partial charge is 0.315 e. The fourth-order valence-corrected chi connectivity index (χ4v) is 3.14. The molecule has 0 saturated carbocycles. The van der Waals surface area contributed by atoms with Crippen LogP contribution in [0.4, 0.5) is 15.8 Å². The predicted molar refractivity (Wildman–Crippen MR) is 105 cm³/mol. The van der Waals surface area contributed by atoms with Crippen molar-refractivity contribution < 1.29 is 23.6 Å². The summed E-state index contributed by atoms with van der Waals surface area (Å²) in [5, 5.41) is 15.6. The predicted octanol–water partition coefficient (Wildman–Crippen LogP) is 3.66. The van der Waals surface area contributed by atoms with Gasteiger partial charge in [-0.2, -0.15) is 0 Å². The second-order valence-electron chi connectivity index (χ2n) is 6.16.